The lowest BCUT2D eigenvalue weighted by atomic mass is 10.0. The molecule has 0 saturated heterocycles. The Balaban J connectivity index is 1.57. The summed E-state index contributed by atoms with van der Waals surface area (Å²) in [5, 5.41) is 12.0. The molecule has 0 unspecified atom stereocenters. The van der Waals surface area contributed by atoms with E-state index in [1.807, 2.05) is 72.8 Å². The predicted molar refractivity (Wildman–Crippen MR) is 119 cm³/mol. The molecule has 0 fully saturated rings. The van der Waals surface area contributed by atoms with Gasteiger partial charge in [0.15, 0.2) is 0 Å². The van der Waals surface area contributed by atoms with Gasteiger partial charge in [-0.05, 0) is 29.3 Å². The van der Waals surface area contributed by atoms with Gasteiger partial charge in [0.25, 0.3) is 0 Å². The molecule has 0 saturated carbocycles. The number of benzene rings is 3. The zero-order valence-corrected chi connectivity index (χ0v) is 17.6. The van der Waals surface area contributed by atoms with E-state index in [4.69, 9.17) is 16.0 Å². The third kappa shape index (κ3) is 4.82. The highest BCUT2D eigenvalue weighted by Crippen LogP contribution is 2.36. The number of hydrogen-bond donors (Lipinski definition) is 1. The van der Waals surface area contributed by atoms with Gasteiger partial charge >= 0.3 is 5.97 Å². The van der Waals surface area contributed by atoms with Crippen LogP contribution in [0.1, 0.15) is 5.56 Å². The Morgan fingerprint density at radius 3 is 2.45 bits per heavy atom. The predicted octanol–water partition coefficient (Wildman–Crippen LogP) is 4.99. The Morgan fingerprint density at radius 2 is 1.65 bits per heavy atom. The van der Waals surface area contributed by atoms with Gasteiger partial charge in [-0.15, -0.1) is 10.2 Å². The molecule has 0 aliphatic heterocycles. The molecule has 0 radical (unpaired) electrons. The number of carbonyl (C=O) groups is 1. The number of carbonyl (C=O) groups excluding carboxylic acids is 1. The van der Waals surface area contributed by atoms with Crippen molar-refractivity contribution < 1.29 is 13.9 Å². The monoisotopic (exact) mass is 433 g/mol. The number of methoxy groups -OCH3 is 1. The minimum atomic E-state index is -0.313. The van der Waals surface area contributed by atoms with Crippen molar-refractivity contribution in [1.29, 1.82) is 0 Å². The largest absolute Gasteiger partial charge is 0.468 e. The maximum Gasteiger partial charge on any atom is 0.319 e. The van der Waals surface area contributed by atoms with E-state index >= 15 is 0 Å². The summed E-state index contributed by atoms with van der Waals surface area (Å²) >= 11 is 6.68. The van der Waals surface area contributed by atoms with Gasteiger partial charge in [0.1, 0.15) is 0 Å². The lowest BCUT2D eigenvalue weighted by molar-refractivity contribution is -0.139. The lowest BCUT2D eigenvalue weighted by Crippen LogP contribution is -2.23. The molecule has 4 aromatic rings. The Morgan fingerprint density at radius 1 is 0.935 bits per heavy atom. The van der Waals surface area contributed by atoms with Crippen LogP contribution in [0.15, 0.2) is 77.2 Å². The van der Waals surface area contributed by atoms with Gasteiger partial charge < -0.3 is 14.5 Å². The van der Waals surface area contributed by atoms with Crippen molar-refractivity contribution in [3.05, 3.63) is 83.4 Å². The molecular weight excluding hydrogens is 414 g/mol. The van der Waals surface area contributed by atoms with E-state index in [0.29, 0.717) is 28.9 Å². The van der Waals surface area contributed by atoms with Gasteiger partial charge in [0.2, 0.25) is 11.8 Å². The second-order valence-electron chi connectivity index (χ2n) is 6.83. The second kappa shape index (κ2) is 9.55. The van der Waals surface area contributed by atoms with Crippen LogP contribution in [0.5, 0.6) is 0 Å². The SMILES string of the molecule is COC(=O)CNCc1cccc(-c2nnc(-c3cccc(-c4ccccc4)c3Cl)o2)c1. The van der Waals surface area contributed by atoms with Gasteiger partial charge in [-0.1, -0.05) is 66.2 Å². The minimum Gasteiger partial charge on any atom is -0.468 e. The second-order valence-corrected chi connectivity index (χ2v) is 7.20. The summed E-state index contributed by atoms with van der Waals surface area (Å²) in [6.07, 6.45) is 0. The van der Waals surface area contributed by atoms with Crippen molar-refractivity contribution in [3.63, 3.8) is 0 Å². The first-order chi connectivity index (χ1) is 15.2. The van der Waals surface area contributed by atoms with Crippen molar-refractivity contribution in [2.45, 2.75) is 6.54 Å². The maximum atomic E-state index is 11.2. The maximum absolute atomic E-state index is 11.2. The zero-order chi connectivity index (χ0) is 21.6. The molecule has 0 bridgehead atoms. The summed E-state index contributed by atoms with van der Waals surface area (Å²) in [7, 11) is 1.36. The third-order valence-corrected chi connectivity index (χ3v) is 5.15. The van der Waals surface area contributed by atoms with Crippen molar-refractivity contribution in [2.75, 3.05) is 13.7 Å². The van der Waals surface area contributed by atoms with Gasteiger partial charge in [0, 0.05) is 17.7 Å². The van der Waals surface area contributed by atoms with Crippen LogP contribution >= 0.6 is 11.6 Å². The van der Waals surface area contributed by atoms with E-state index < -0.39 is 0 Å². The fourth-order valence-electron chi connectivity index (χ4n) is 3.18. The molecule has 7 heteroatoms. The lowest BCUT2D eigenvalue weighted by Gasteiger charge is -2.07. The van der Waals surface area contributed by atoms with Crippen LogP contribution in [-0.4, -0.2) is 29.8 Å². The molecule has 6 nitrogen and oxygen atoms in total. The standard InChI is InChI=1S/C24H20ClN3O3/c1-30-21(29)15-26-14-16-7-5-10-18(13-16)23-27-28-24(31-23)20-12-6-11-19(22(20)25)17-8-3-2-4-9-17/h2-13,26H,14-15H2,1H3. The number of nitrogens with zero attached hydrogens (tertiary/aromatic N) is 2. The molecule has 31 heavy (non-hydrogen) atoms. The van der Waals surface area contributed by atoms with Gasteiger partial charge in [-0.25, -0.2) is 0 Å². The first-order valence-corrected chi connectivity index (χ1v) is 10.1. The van der Waals surface area contributed by atoms with Crippen LogP contribution in [0.2, 0.25) is 5.02 Å². The summed E-state index contributed by atoms with van der Waals surface area (Å²) in [5.41, 5.74) is 4.36. The molecular formula is C24H20ClN3O3. The van der Waals surface area contributed by atoms with Crippen molar-refractivity contribution >= 4 is 17.6 Å². The van der Waals surface area contributed by atoms with Crippen LogP contribution in [0, 0.1) is 0 Å². The summed E-state index contributed by atoms with van der Waals surface area (Å²) in [6, 6.07) is 23.3. The Labute approximate surface area is 184 Å². The summed E-state index contributed by atoms with van der Waals surface area (Å²) in [5.74, 6) is 0.435. The number of hydrogen-bond acceptors (Lipinski definition) is 6. The average molecular weight is 434 g/mol. The molecule has 0 spiro atoms. The molecule has 0 aliphatic carbocycles. The number of esters is 1. The highest BCUT2D eigenvalue weighted by molar-refractivity contribution is 6.35. The first kappa shape index (κ1) is 20.8. The van der Waals surface area contributed by atoms with Gasteiger partial charge in [-0.3, -0.25) is 4.79 Å². The Bertz CT molecular complexity index is 1190. The minimum absolute atomic E-state index is 0.141. The van der Waals surface area contributed by atoms with Crippen LogP contribution in [-0.2, 0) is 16.1 Å². The summed E-state index contributed by atoms with van der Waals surface area (Å²) in [4.78, 5) is 11.2. The van der Waals surface area contributed by atoms with E-state index in [0.717, 1.165) is 22.3 Å². The number of nitrogens with one attached hydrogen (secondary N) is 1. The summed E-state index contributed by atoms with van der Waals surface area (Å²) in [6.45, 7) is 0.649. The zero-order valence-electron chi connectivity index (χ0n) is 16.8. The van der Waals surface area contributed by atoms with E-state index in [1.165, 1.54) is 7.11 Å². The Kier molecular flexibility index (Phi) is 6.40. The highest BCUT2D eigenvalue weighted by atomic mass is 35.5. The van der Waals surface area contributed by atoms with Crippen LogP contribution < -0.4 is 5.32 Å². The molecule has 0 atom stereocenters. The van der Waals surface area contributed by atoms with E-state index in [2.05, 4.69) is 20.3 Å². The fourth-order valence-corrected chi connectivity index (χ4v) is 3.50. The molecule has 1 heterocycles. The number of halogens is 1. The van der Waals surface area contributed by atoms with E-state index in [-0.39, 0.29) is 12.5 Å². The summed E-state index contributed by atoms with van der Waals surface area (Å²) < 4.78 is 10.6. The van der Waals surface area contributed by atoms with Crippen molar-refractivity contribution in [2.24, 2.45) is 0 Å². The highest BCUT2D eigenvalue weighted by Gasteiger charge is 2.16. The molecule has 156 valence electrons. The topological polar surface area (TPSA) is 77.2 Å². The first-order valence-electron chi connectivity index (χ1n) is 9.70. The van der Waals surface area contributed by atoms with Crippen molar-refractivity contribution in [3.8, 4) is 34.0 Å². The Hall–Kier alpha value is -3.48. The number of rotatable bonds is 7. The average Bonchev–Trinajstić information content (AvgIpc) is 3.30. The molecule has 3 aromatic carbocycles. The quantitative estimate of drug-likeness (QED) is 0.414. The molecule has 1 aromatic heterocycles. The van der Waals surface area contributed by atoms with Crippen LogP contribution in [0.25, 0.3) is 34.0 Å². The molecule has 1 N–H and O–H groups in total. The fraction of sp³-hybridized carbons (Fsp3) is 0.125. The van der Waals surface area contributed by atoms with E-state index in [1.54, 1.807) is 0 Å². The molecule has 0 amide bonds. The van der Waals surface area contributed by atoms with Gasteiger partial charge in [0.05, 0.1) is 24.2 Å². The molecule has 4 rings (SSSR count). The van der Waals surface area contributed by atoms with Crippen LogP contribution in [0.4, 0.5) is 0 Å². The number of ether oxygens (including phenoxy) is 1. The third-order valence-electron chi connectivity index (χ3n) is 4.74. The normalized spacial score (nSPS) is 10.8. The van der Waals surface area contributed by atoms with Crippen LogP contribution in [0.3, 0.4) is 0 Å². The van der Waals surface area contributed by atoms with E-state index in [9.17, 15) is 4.79 Å². The van der Waals surface area contributed by atoms with Gasteiger partial charge in [-0.2, -0.15) is 0 Å². The van der Waals surface area contributed by atoms with Crippen molar-refractivity contribution in [1.82, 2.24) is 15.5 Å². The molecule has 0 aliphatic rings. The smallest absolute Gasteiger partial charge is 0.319 e. The number of aromatic nitrogens is 2.